The molecule has 0 unspecified atom stereocenters. The number of aromatic amines is 1. The predicted octanol–water partition coefficient (Wildman–Crippen LogP) is 3.55. The number of H-pyrrole nitrogens is 1. The van der Waals surface area contributed by atoms with Crippen LogP contribution in [0.15, 0.2) is 42.6 Å². The Morgan fingerprint density at radius 2 is 1.94 bits per heavy atom. The molecule has 1 N–H and O–H groups in total. The molecule has 0 spiro atoms. The van der Waals surface area contributed by atoms with E-state index in [1.807, 2.05) is 24.3 Å². The first-order chi connectivity index (χ1) is 8.81. The Hall–Kier alpha value is -2.29. The van der Waals surface area contributed by atoms with Gasteiger partial charge in [0.05, 0.1) is 7.11 Å². The monoisotopic (exact) mass is 238 g/mol. The number of benzene rings is 1. The van der Waals surface area contributed by atoms with Gasteiger partial charge in [-0.05, 0) is 25.1 Å². The van der Waals surface area contributed by atoms with Crippen LogP contribution >= 0.6 is 0 Å². The van der Waals surface area contributed by atoms with Crippen molar-refractivity contribution in [3.63, 3.8) is 0 Å². The standard InChI is InChI=1S/C15H14N2O/c1-10-14(11-6-3-4-8-13(11)18-2)12-7-5-9-16-15(12)17-10/h3-9H,1-2H3,(H,16,17). The van der Waals surface area contributed by atoms with E-state index in [9.17, 15) is 0 Å². The lowest BCUT2D eigenvalue weighted by atomic mass is 10.0. The van der Waals surface area contributed by atoms with Gasteiger partial charge in [0, 0.05) is 28.4 Å². The highest BCUT2D eigenvalue weighted by Crippen LogP contribution is 2.36. The summed E-state index contributed by atoms with van der Waals surface area (Å²) in [6.07, 6.45) is 1.80. The van der Waals surface area contributed by atoms with Gasteiger partial charge in [-0.2, -0.15) is 0 Å². The molecule has 3 aromatic rings. The Morgan fingerprint density at radius 3 is 2.78 bits per heavy atom. The van der Waals surface area contributed by atoms with Gasteiger partial charge in [0.25, 0.3) is 0 Å². The van der Waals surface area contributed by atoms with Crippen LogP contribution in [0.3, 0.4) is 0 Å². The number of nitrogens with one attached hydrogen (secondary N) is 1. The minimum atomic E-state index is 0.880. The highest BCUT2D eigenvalue weighted by atomic mass is 16.5. The SMILES string of the molecule is COc1ccccc1-c1c(C)[nH]c2ncccc12. The summed E-state index contributed by atoms with van der Waals surface area (Å²) in [5.41, 5.74) is 4.27. The van der Waals surface area contributed by atoms with Gasteiger partial charge >= 0.3 is 0 Å². The Morgan fingerprint density at radius 1 is 1.11 bits per heavy atom. The molecule has 0 aliphatic heterocycles. The number of fused-ring (bicyclic) bond motifs is 1. The maximum Gasteiger partial charge on any atom is 0.138 e. The van der Waals surface area contributed by atoms with Crippen molar-refractivity contribution in [1.29, 1.82) is 0 Å². The van der Waals surface area contributed by atoms with Crippen LogP contribution in [0, 0.1) is 6.92 Å². The van der Waals surface area contributed by atoms with Crippen LogP contribution in [0.1, 0.15) is 5.69 Å². The number of hydrogen-bond acceptors (Lipinski definition) is 2. The minimum absolute atomic E-state index is 0.880. The molecule has 90 valence electrons. The summed E-state index contributed by atoms with van der Waals surface area (Å²) >= 11 is 0. The van der Waals surface area contributed by atoms with Crippen LogP contribution < -0.4 is 4.74 Å². The van der Waals surface area contributed by atoms with E-state index in [4.69, 9.17) is 4.74 Å². The number of aromatic nitrogens is 2. The van der Waals surface area contributed by atoms with Gasteiger partial charge in [0.1, 0.15) is 11.4 Å². The molecule has 3 nitrogen and oxygen atoms in total. The Balaban J connectivity index is 2.34. The van der Waals surface area contributed by atoms with Crippen LogP contribution in [-0.2, 0) is 0 Å². The molecule has 0 fully saturated rings. The zero-order valence-electron chi connectivity index (χ0n) is 10.4. The van der Waals surface area contributed by atoms with E-state index in [1.54, 1.807) is 13.3 Å². The first kappa shape index (κ1) is 10.8. The number of para-hydroxylation sites is 1. The summed E-state index contributed by atoms with van der Waals surface area (Å²) in [6.45, 7) is 2.06. The van der Waals surface area contributed by atoms with Crippen molar-refractivity contribution >= 4 is 11.0 Å². The second kappa shape index (κ2) is 4.18. The first-order valence-electron chi connectivity index (χ1n) is 5.88. The average Bonchev–Trinajstić information content (AvgIpc) is 2.74. The third-order valence-electron chi connectivity index (χ3n) is 3.13. The summed E-state index contributed by atoms with van der Waals surface area (Å²) in [5, 5.41) is 1.12. The van der Waals surface area contributed by atoms with E-state index in [0.717, 1.165) is 33.6 Å². The second-order valence-corrected chi connectivity index (χ2v) is 4.22. The predicted molar refractivity (Wildman–Crippen MR) is 72.8 cm³/mol. The molecule has 18 heavy (non-hydrogen) atoms. The van der Waals surface area contributed by atoms with Crippen molar-refractivity contribution in [3.05, 3.63) is 48.3 Å². The van der Waals surface area contributed by atoms with E-state index < -0.39 is 0 Å². The number of pyridine rings is 1. The zero-order valence-corrected chi connectivity index (χ0v) is 10.4. The van der Waals surface area contributed by atoms with Crippen molar-refractivity contribution in [2.75, 3.05) is 7.11 Å². The van der Waals surface area contributed by atoms with E-state index in [1.165, 1.54) is 0 Å². The molecule has 0 atom stereocenters. The van der Waals surface area contributed by atoms with Crippen molar-refractivity contribution in [1.82, 2.24) is 9.97 Å². The van der Waals surface area contributed by atoms with Crippen LogP contribution in [0.2, 0.25) is 0 Å². The lowest BCUT2D eigenvalue weighted by molar-refractivity contribution is 0.416. The largest absolute Gasteiger partial charge is 0.496 e. The molecule has 2 aromatic heterocycles. The summed E-state index contributed by atoms with van der Waals surface area (Å²) in [7, 11) is 1.70. The number of rotatable bonds is 2. The molecule has 1 aromatic carbocycles. The summed E-state index contributed by atoms with van der Waals surface area (Å²) in [5.74, 6) is 0.880. The maximum absolute atomic E-state index is 5.44. The van der Waals surface area contributed by atoms with Gasteiger partial charge in [-0.1, -0.05) is 18.2 Å². The van der Waals surface area contributed by atoms with Crippen LogP contribution in [0.4, 0.5) is 0 Å². The van der Waals surface area contributed by atoms with Crippen LogP contribution in [0.25, 0.3) is 22.2 Å². The maximum atomic E-state index is 5.44. The summed E-state index contributed by atoms with van der Waals surface area (Å²) < 4.78 is 5.44. The van der Waals surface area contributed by atoms with Crippen LogP contribution in [-0.4, -0.2) is 17.1 Å². The minimum Gasteiger partial charge on any atom is -0.496 e. The molecular weight excluding hydrogens is 224 g/mol. The van der Waals surface area contributed by atoms with Gasteiger partial charge in [-0.25, -0.2) is 4.98 Å². The lowest BCUT2D eigenvalue weighted by Crippen LogP contribution is -1.88. The first-order valence-corrected chi connectivity index (χ1v) is 5.88. The lowest BCUT2D eigenvalue weighted by Gasteiger charge is -2.08. The van der Waals surface area contributed by atoms with Gasteiger partial charge in [0.2, 0.25) is 0 Å². The molecule has 0 radical (unpaired) electrons. The van der Waals surface area contributed by atoms with E-state index in [-0.39, 0.29) is 0 Å². The number of methoxy groups -OCH3 is 1. The second-order valence-electron chi connectivity index (χ2n) is 4.22. The number of hydrogen-bond donors (Lipinski definition) is 1. The van der Waals surface area contributed by atoms with Gasteiger partial charge in [-0.15, -0.1) is 0 Å². The molecular formula is C15H14N2O. The third-order valence-corrected chi connectivity index (χ3v) is 3.13. The molecule has 0 aliphatic rings. The van der Waals surface area contributed by atoms with E-state index >= 15 is 0 Å². The highest BCUT2D eigenvalue weighted by Gasteiger charge is 2.14. The van der Waals surface area contributed by atoms with Crippen molar-refractivity contribution in [2.45, 2.75) is 6.92 Å². The van der Waals surface area contributed by atoms with Gasteiger partial charge < -0.3 is 9.72 Å². The summed E-state index contributed by atoms with van der Waals surface area (Å²) in [6, 6.07) is 12.1. The number of ether oxygens (including phenoxy) is 1. The fraction of sp³-hybridized carbons (Fsp3) is 0.133. The van der Waals surface area contributed by atoms with Gasteiger partial charge in [0.15, 0.2) is 0 Å². The van der Waals surface area contributed by atoms with Gasteiger partial charge in [-0.3, -0.25) is 0 Å². The molecule has 0 saturated carbocycles. The number of nitrogens with zero attached hydrogens (tertiary/aromatic N) is 1. The molecule has 0 saturated heterocycles. The number of aryl methyl sites for hydroxylation is 1. The summed E-state index contributed by atoms with van der Waals surface area (Å²) in [4.78, 5) is 7.66. The molecule has 3 rings (SSSR count). The average molecular weight is 238 g/mol. The Bertz CT molecular complexity index is 701. The smallest absolute Gasteiger partial charge is 0.138 e. The Kier molecular flexibility index (Phi) is 2.52. The van der Waals surface area contributed by atoms with Crippen molar-refractivity contribution in [3.8, 4) is 16.9 Å². The van der Waals surface area contributed by atoms with E-state index in [0.29, 0.717) is 0 Å². The molecule has 3 heteroatoms. The highest BCUT2D eigenvalue weighted by molar-refractivity contribution is 5.97. The van der Waals surface area contributed by atoms with Crippen molar-refractivity contribution < 1.29 is 4.74 Å². The van der Waals surface area contributed by atoms with Crippen LogP contribution in [0.5, 0.6) is 5.75 Å². The quantitative estimate of drug-likeness (QED) is 0.741. The fourth-order valence-electron chi connectivity index (χ4n) is 2.35. The molecule has 0 aliphatic carbocycles. The van der Waals surface area contributed by atoms with E-state index in [2.05, 4.69) is 29.0 Å². The topological polar surface area (TPSA) is 37.9 Å². The molecule has 0 bridgehead atoms. The normalized spacial score (nSPS) is 10.8. The fourth-order valence-corrected chi connectivity index (χ4v) is 2.35. The Labute approximate surface area is 105 Å². The molecule has 2 heterocycles. The third kappa shape index (κ3) is 1.56. The molecule has 0 amide bonds. The van der Waals surface area contributed by atoms with Crippen molar-refractivity contribution in [2.24, 2.45) is 0 Å². The zero-order chi connectivity index (χ0) is 12.5.